The number of nitrogens with zero attached hydrogens (tertiary/aromatic N) is 2. The molecule has 0 saturated carbocycles. The molecule has 1 N–H and O–H groups in total. The number of nitrogens with one attached hydrogen (secondary N) is 1. The molecule has 1 heterocycles. The number of benzene rings is 1. The zero-order valence-electron chi connectivity index (χ0n) is 12.2. The summed E-state index contributed by atoms with van der Waals surface area (Å²) in [5.74, 6) is 1.76. The summed E-state index contributed by atoms with van der Waals surface area (Å²) in [5.41, 5.74) is 2.17. The summed E-state index contributed by atoms with van der Waals surface area (Å²) in [6.45, 7) is 2.32. The van der Waals surface area contributed by atoms with Gasteiger partial charge in [-0.1, -0.05) is 17.3 Å². The van der Waals surface area contributed by atoms with E-state index in [1.165, 1.54) is 5.56 Å². The molecule has 5 heteroatoms. The molecule has 1 aromatic carbocycles. The van der Waals surface area contributed by atoms with Crippen molar-refractivity contribution in [3.05, 3.63) is 47.3 Å². The molecular formula is C15H21N3O2. The first kappa shape index (κ1) is 14.6. The van der Waals surface area contributed by atoms with Gasteiger partial charge in [0, 0.05) is 19.2 Å². The Labute approximate surface area is 119 Å². The summed E-state index contributed by atoms with van der Waals surface area (Å²) in [5, 5.41) is 7.06. The van der Waals surface area contributed by atoms with Crippen molar-refractivity contribution in [2.75, 3.05) is 21.2 Å². The minimum atomic E-state index is 0.728. The Bertz CT molecular complexity index is 522. The van der Waals surface area contributed by atoms with Crippen molar-refractivity contribution in [3.8, 4) is 5.75 Å². The maximum Gasteiger partial charge on any atom is 0.151 e. The summed E-state index contributed by atoms with van der Waals surface area (Å²) in [4.78, 5) is 2.19. The van der Waals surface area contributed by atoms with Gasteiger partial charge in [-0.3, -0.25) is 4.90 Å². The highest BCUT2D eigenvalue weighted by Crippen LogP contribution is 2.14. The molecule has 5 nitrogen and oxygen atoms in total. The monoisotopic (exact) mass is 275 g/mol. The zero-order valence-corrected chi connectivity index (χ0v) is 12.2. The number of rotatable bonds is 7. The standard InChI is InChI=1S/C15H21N3O2/c1-16-9-13-8-15(20-17-13)11-18(2)10-12-4-6-14(19-3)7-5-12/h4-8,16H,9-11H2,1-3H3. The van der Waals surface area contributed by atoms with Gasteiger partial charge in [-0.25, -0.2) is 0 Å². The second kappa shape index (κ2) is 7.07. The quantitative estimate of drug-likeness (QED) is 0.838. The molecule has 0 aliphatic carbocycles. The average Bonchev–Trinajstić information content (AvgIpc) is 2.87. The molecule has 20 heavy (non-hydrogen) atoms. The van der Waals surface area contributed by atoms with Crippen molar-refractivity contribution in [2.24, 2.45) is 0 Å². The van der Waals surface area contributed by atoms with Gasteiger partial charge in [0.05, 0.1) is 19.3 Å². The van der Waals surface area contributed by atoms with Crippen LogP contribution in [0.1, 0.15) is 17.0 Å². The van der Waals surface area contributed by atoms with Gasteiger partial charge in [-0.2, -0.15) is 0 Å². The fourth-order valence-corrected chi connectivity index (χ4v) is 2.06. The number of hydrogen-bond acceptors (Lipinski definition) is 5. The molecule has 108 valence electrons. The molecule has 0 aliphatic rings. The summed E-state index contributed by atoms with van der Waals surface area (Å²) in [6, 6.07) is 10.1. The van der Waals surface area contributed by atoms with Gasteiger partial charge in [0.15, 0.2) is 5.76 Å². The molecule has 0 bridgehead atoms. The van der Waals surface area contributed by atoms with Gasteiger partial charge in [0.1, 0.15) is 5.75 Å². The van der Waals surface area contributed by atoms with Gasteiger partial charge >= 0.3 is 0 Å². The minimum absolute atomic E-state index is 0.728. The van der Waals surface area contributed by atoms with Crippen LogP contribution in [0, 0.1) is 0 Å². The molecule has 0 atom stereocenters. The van der Waals surface area contributed by atoms with Crippen molar-refractivity contribution < 1.29 is 9.26 Å². The van der Waals surface area contributed by atoms with Crippen LogP contribution in [0.5, 0.6) is 5.75 Å². The van der Waals surface area contributed by atoms with E-state index in [-0.39, 0.29) is 0 Å². The third-order valence-corrected chi connectivity index (χ3v) is 3.00. The van der Waals surface area contributed by atoms with Crippen LogP contribution in [-0.2, 0) is 19.6 Å². The van der Waals surface area contributed by atoms with E-state index in [1.807, 2.05) is 25.2 Å². The molecule has 0 radical (unpaired) electrons. The maximum atomic E-state index is 5.31. The van der Waals surface area contributed by atoms with Crippen molar-refractivity contribution in [3.63, 3.8) is 0 Å². The Hall–Kier alpha value is -1.85. The lowest BCUT2D eigenvalue weighted by atomic mass is 10.2. The minimum Gasteiger partial charge on any atom is -0.497 e. The summed E-state index contributed by atoms with van der Waals surface area (Å²) >= 11 is 0. The van der Waals surface area contributed by atoms with Crippen LogP contribution in [0.2, 0.25) is 0 Å². The van der Waals surface area contributed by atoms with E-state index in [9.17, 15) is 0 Å². The second-order valence-electron chi connectivity index (χ2n) is 4.84. The molecular weight excluding hydrogens is 254 g/mol. The summed E-state index contributed by atoms with van der Waals surface area (Å²) < 4.78 is 10.5. The van der Waals surface area contributed by atoms with Crippen molar-refractivity contribution in [1.29, 1.82) is 0 Å². The number of methoxy groups -OCH3 is 1. The fourth-order valence-electron chi connectivity index (χ4n) is 2.06. The summed E-state index contributed by atoms with van der Waals surface area (Å²) in [7, 11) is 5.63. The van der Waals surface area contributed by atoms with E-state index in [0.29, 0.717) is 0 Å². The first-order chi connectivity index (χ1) is 9.71. The smallest absolute Gasteiger partial charge is 0.151 e. The van der Waals surface area contributed by atoms with Crippen LogP contribution in [-0.4, -0.2) is 31.3 Å². The van der Waals surface area contributed by atoms with E-state index in [1.54, 1.807) is 7.11 Å². The van der Waals surface area contributed by atoms with Crippen LogP contribution >= 0.6 is 0 Å². The van der Waals surface area contributed by atoms with Gasteiger partial charge in [-0.05, 0) is 31.8 Å². The normalized spacial score (nSPS) is 11.0. The molecule has 2 rings (SSSR count). The highest BCUT2D eigenvalue weighted by Gasteiger charge is 2.07. The third-order valence-electron chi connectivity index (χ3n) is 3.00. The molecule has 0 saturated heterocycles. The Kier molecular flexibility index (Phi) is 5.15. The molecule has 0 fully saturated rings. The maximum absolute atomic E-state index is 5.31. The first-order valence-electron chi connectivity index (χ1n) is 6.62. The Balaban J connectivity index is 1.88. The molecule has 0 amide bonds. The summed E-state index contributed by atoms with van der Waals surface area (Å²) in [6.07, 6.45) is 0. The van der Waals surface area contributed by atoms with Gasteiger partial charge in [0.25, 0.3) is 0 Å². The van der Waals surface area contributed by atoms with Crippen LogP contribution in [0.15, 0.2) is 34.9 Å². The predicted octanol–water partition coefficient (Wildman–Crippen LogP) is 2.03. The fraction of sp³-hybridized carbons (Fsp3) is 0.400. The van der Waals surface area contributed by atoms with Crippen molar-refractivity contribution >= 4 is 0 Å². The van der Waals surface area contributed by atoms with E-state index in [4.69, 9.17) is 9.26 Å². The van der Waals surface area contributed by atoms with E-state index < -0.39 is 0 Å². The lowest BCUT2D eigenvalue weighted by Gasteiger charge is -2.14. The number of aromatic nitrogens is 1. The van der Waals surface area contributed by atoms with Crippen LogP contribution in [0.25, 0.3) is 0 Å². The molecule has 1 aromatic heterocycles. The van der Waals surface area contributed by atoms with Crippen LogP contribution in [0.3, 0.4) is 0 Å². The lowest BCUT2D eigenvalue weighted by molar-refractivity contribution is 0.265. The van der Waals surface area contributed by atoms with Gasteiger partial charge < -0.3 is 14.6 Å². The van der Waals surface area contributed by atoms with Crippen LogP contribution in [0.4, 0.5) is 0 Å². The largest absolute Gasteiger partial charge is 0.497 e. The number of ether oxygens (including phenoxy) is 1. The zero-order chi connectivity index (χ0) is 14.4. The van der Waals surface area contributed by atoms with Crippen molar-refractivity contribution in [1.82, 2.24) is 15.4 Å². The van der Waals surface area contributed by atoms with Gasteiger partial charge in [-0.15, -0.1) is 0 Å². The van der Waals surface area contributed by atoms with Crippen LogP contribution < -0.4 is 10.1 Å². The molecule has 0 aliphatic heterocycles. The Morgan fingerprint density at radius 3 is 2.65 bits per heavy atom. The number of hydrogen-bond donors (Lipinski definition) is 1. The topological polar surface area (TPSA) is 50.5 Å². The lowest BCUT2D eigenvalue weighted by Crippen LogP contribution is -2.16. The Morgan fingerprint density at radius 2 is 2.00 bits per heavy atom. The first-order valence-corrected chi connectivity index (χ1v) is 6.62. The molecule has 2 aromatic rings. The van der Waals surface area contributed by atoms with Gasteiger partial charge in [0.2, 0.25) is 0 Å². The molecule has 0 spiro atoms. The predicted molar refractivity (Wildman–Crippen MR) is 77.4 cm³/mol. The highest BCUT2D eigenvalue weighted by atomic mass is 16.5. The van der Waals surface area contributed by atoms with E-state index in [2.05, 4.69) is 34.6 Å². The highest BCUT2D eigenvalue weighted by molar-refractivity contribution is 5.27. The van der Waals surface area contributed by atoms with Crippen molar-refractivity contribution in [2.45, 2.75) is 19.6 Å². The average molecular weight is 275 g/mol. The van der Waals surface area contributed by atoms with E-state index >= 15 is 0 Å². The van der Waals surface area contributed by atoms with E-state index in [0.717, 1.165) is 36.8 Å². The third kappa shape index (κ3) is 4.08. The second-order valence-corrected chi connectivity index (χ2v) is 4.84. The Morgan fingerprint density at radius 1 is 1.25 bits per heavy atom. The molecule has 0 unspecified atom stereocenters. The SMILES string of the molecule is CNCc1cc(CN(C)Cc2ccc(OC)cc2)on1.